The maximum atomic E-state index is 9.35. The van der Waals surface area contributed by atoms with Crippen molar-refractivity contribution in [3.05, 3.63) is 11.2 Å². The standard InChI is InChI=1S/C8H14ClN5O/c1-2-5(15)3-11-7-6(9)4-12-8(13-7)14-10/h4-5,15H,2-3,10H2,1H3,(H2,11,12,13,14). The number of rotatable bonds is 5. The van der Waals surface area contributed by atoms with Gasteiger partial charge in [0.1, 0.15) is 5.02 Å². The molecular weight excluding hydrogens is 218 g/mol. The second-order valence-corrected chi connectivity index (χ2v) is 3.38. The molecule has 15 heavy (non-hydrogen) atoms. The topological polar surface area (TPSA) is 96.1 Å². The number of nitrogens with zero attached hydrogens (tertiary/aromatic N) is 2. The predicted molar refractivity (Wildman–Crippen MR) is 59.6 cm³/mol. The lowest BCUT2D eigenvalue weighted by Gasteiger charge is -2.11. The molecule has 1 rings (SSSR count). The Kier molecular flexibility index (Phi) is 4.54. The minimum atomic E-state index is -0.426. The highest BCUT2D eigenvalue weighted by atomic mass is 35.5. The fourth-order valence-electron chi connectivity index (χ4n) is 0.919. The van der Waals surface area contributed by atoms with Crippen molar-refractivity contribution < 1.29 is 5.11 Å². The Morgan fingerprint density at radius 1 is 1.67 bits per heavy atom. The Bertz CT molecular complexity index is 322. The van der Waals surface area contributed by atoms with Crippen LogP contribution in [0.5, 0.6) is 0 Å². The maximum absolute atomic E-state index is 9.35. The Morgan fingerprint density at radius 3 is 3.00 bits per heavy atom. The van der Waals surface area contributed by atoms with Gasteiger partial charge < -0.3 is 10.4 Å². The number of nitrogens with one attached hydrogen (secondary N) is 2. The van der Waals surface area contributed by atoms with Gasteiger partial charge in [0.25, 0.3) is 0 Å². The number of nitrogens with two attached hydrogens (primary N) is 1. The number of halogens is 1. The van der Waals surface area contributed by atoms with Crippen LogP contribution in [0.2, 0.25) is 5.02 Å². The lowest BCUT2D eigenvalue weighted by molar-refractivity contribution is 0.183. The summed E-state index contributed by atoms with van der Waals surface area (Å²) in [4.78, 5) is 7.82. The number of aliphatic hydroxyl groups excluding tert-OH is 1. The largest absolute Gasteiger partial charge is 0.391 e. The third-order valence-electron chi connectivity index (χ3n) is 1.85. The molecule has 0 spiro atoms. The van der Waals surface area contributed by atoms with Crippen molar-refractivity contribution in [1.82, 2.24) is 9.97 Å². The number of anilines is 2. The summed E-state index contributed by atoms with van der Waals surface area (Å²) in [5, 5.41) is 12.6. The molecule has 1 unspecified atom stereocenters. The van der Waals surface area contributed by atoms with Crippen molar-refractivity contribution in [3.63, 3.8) is 0 Å². The van der Waals surface area contributed by atoms with Crippen LogP contribution in [0.1, 0.15) is 13.3 Å². The summed E-state index contributed by atoms with van der Waals surface area (Å²) in [5.74, 6) is 5.88. The molecule has 0 saturated heterocycles. The summed E-state index contributed by atoms with van der Waals surface area (Å²) in [6.45, 7) is 2.28. The Balaban J connectivity index is 2.66. The molecule has 0 radical (unpaired) electrons. The van der Waals surface area contributed by atoms with Gasteiger partial charge in [-0.05, 0) is 6.42 Å². The number of hydrazine groups is 1. The normalized spacial score (nSPS) is 12.3. The van der Waals surface area contributed by atoms with E-state index in [-0.39, 0.29) is 5.95 Å². The van der Waals surface area contributed by atoms with Gasteiger partial charge in [-0.25, -0.2) is 10.8 Å². The Labute approximate surface area is 92.8 Å². The van der Waals surface area contributed by atoms with Gasteiger partial charge in [-0.2, -0.15) is 4.98 Å². The molecule has 0 aliphatic heterocycles. The zero-order valence-electron chi connectivity index (χ0n) is 8.37. The second kappa shape index (κ2) is 5.69. The monoisotopic (exact) mass is 231 g/mol. The molecule has 6 nitrogen and oxygen atoms in total. The van der Waals surface area contributed by atoms with Gasteiger partial charge in [-0.15, -0.1) is 0 Å². The minimum absolute atomic E-state index is 0.271. The highest BCUT2D eigenvalue weighted by Crippen LogP contribution is 2.18. The van der Waals surface area contributed by atoms with Gasteiger partial charge in [0, 0.05) is 6.54 Å². The third kappa shape index (κ3) is 3.50. The lowest BCUT2D eigenvalue weighted by atomic mass is 10.3. The van der Waals surface area contributed by atoms with E-state index >= 15 is 0 Å². The van der Waals surface area contributed by atoms with E-state index in [2.05, 4.69) is 20.7 Å². The molecule has 1 aromatic rings. The smallest absolute Gasteiger partial charge is 0.239 e. The van der Waals surface area contributed by atoms with E-state index in [1.807, 2.05) is 6.92 Å². The summed E-state index contributed by atoms with van der Waals surface area (Å²) >= 11 is 5.84. The van der Waals surface area contributed by atoms with Crippen molar-refractivity contribution in [2.45, 2.75) is 19.4 Å². The zero-order valence-corrected chi connectivity index (χ0v) is 9.12. The first-order valence-electron chi connectivity index (χ1n) is 4.58. The molecule has 84 valence electrons. The van der Waals surface area contributed by atoms with E-state index in [4.69, 9.17) is 17.4 Å². The summed E-state index contributed by atoms with van der Waals surface area (Å²) in [6, 6.07) is 0. The molecular formula is C8H14ClN5O. The fourth-order valence-corrected chi connectivity index (χ4v) is 1.08. The molecule has 0 aliphatic rings. The number of aromatic nitrogens is 2. The molecule has 0 saturated carbocycles. The first-order chi connectivity index (χ1) is 7.17. The summed E-state index contributed by atoms with van der Waals surface area (Å²) < 4.78 is 0. The van der Waals surface area contributed by atoms with Crippen LogP contribution in [-0.2, 0) is 0 Å². The van der Waals surface area contributed by atoms with Gasteiger partial charge in [0.15, 0.2) is 5.82 Å². The maximum Gasteiger partial charge on any atom is 0.239 e. The van der Waals surface area contributed by atoms with Crippen LogP contribution >= 0.6 is 11.6 Å². The number of hydrogen-bond donors (Lipinski definition) is 4. The molecule has 0 aromatic carbocycles. The predicted octanol–water partition coefficient (Wildman–Crippen LogP) is 0.598. The number of aliphatic hydroxyl groups is 1. The van der Waals surface area contributed by atoms with Crippen molar-refractivity contribution in [1.29, 1.82) is 0 Å². The van der Waals surface area contributed by atoms with Gasteiger partial charge >= 0.3 is 0 Å². The first-order valence-corrected chi connectivity index (χ1v) is 4.96. The van der Waals surface area contributed by atoms with Crippen LogP contribution in [0.3, 0.4) is 0 Å². The first kappa shape index (κ1) is 12.0. The Hall–Kier alpha value is -1.11. The zero-order chi connectivity index (χ0) is 11.3. The van der Waals surface area contributed by atoms with E-state index in [9.17, 15) is 5.11 Å². The average Bonchev–Trinajstić information content (AvgIpc) is 2.27. The van der Waals surface area contributed by atoms with E-state index in [1.54, 1.807) is 0 Å². The molecule has 5 N–H and O–H groups in total. The molecule has 0 aliphatic carbocycles. The quantitative estimate of drug-likeness (QED) is 0.438. The minimum Gasteiger partial charge on any atom is -0.391 e. The van der Waals surface area contributed by atoms with Crippen LogP contribution in [0.25, 0.3) is 0 Å². The fraction of sp³-hybridized carbons (Fsp3) is 0.500. The van der Waals surface area contributed by atoms with Gasteiger partial charge in [-0.3, -0.25) is 5.43 Å². The van der Waals surface area contributed by atoms with Gasteiger partial charge in [0.2, 0.25) is 5.95 Å². The highest BCUT2D eigenvalue weighted by Gasteiger charge is 2.06. The average molecular weight is 232 g/mol. The molecule has 0 bridgehead atoms. The molecule has 1 heterocycles. The summed E-state index contributed by atoms with van der Waals surface area (Å²) in [5.41, 5.74) is 2.31. The third-order valence-corrected chi connectivity index (χ3v) is 2.13. The van der Waals surface area contributed by atoms with E-state index < -0.39 is 6.10 Å². The van der Waals surface area contributed by atoms with Crippen LogP contribution in [0, 0.1) is 0 Å². The Morgan fingerprint density at radius 2 is 2.40 bits per heavy atom. The SMILES string of the molecule is CCC(O)CNc1nc(NN)ncc1Cl. The number of nitrogen functional groups attached to an aromatic ring is 1. The van der Waals surface area contributed by atoms with E-state index in [0.29, 0.717) is 23.8 Å². The number of hydrogen-bond acceptors (Lipinski definition) is 6. The van der Waals surface area contributed by atoms with Gasteiger partial charge in [-0.1, -0.05) is 18.5 Å². The van der Waals surface area contributed by atoms with Crippen LogP contribution < -0.4 is 16.6 Å². The van der Waals surface area contributed by atoms with Crippen LogP contribution in [-0.4, -0.2) is 27.7 Å². The molecule has 7 heteroatoms. The summed E-state index contributed by atoms with van der Waals surface area (Å²) in [7, 11) is 0. The van der Waals surface area contributed by atoms with Crippen molar-refractivity contribution in [2.24, 2.45) is 5.84 Å². The van der Waals surface area contributed by atoms with Crippen molar-refractivity contribution in [3.8, 4) is 0 Å². The van der Waals surface area contributed by atoms with Crippen LogP contribution in [0.15, 0.2) is 6.20 Å². The van der Waals surface area contributed by atoms with E-state index in [1.165, 1.54) is 6.20 Å². The van der Waals surface area contributed by atoms with Crippen molar-refractivity contribution >= 4 is 23.4 Å². The van der Waals surface area contributed by atoms with Crippen molar-refractivity contribution in [2.75, 3.05) is 17.3 Å². The molecule has 1 atom stereocenters. The molecule has 1 aromatic heterocycles. The lowest BCUT2D eigenvalue weighted by Crippen LogP contribution is -2.19. The van der Waals surface area contributed by atoms with Gasteiger partial charge in [0.05, 0.1) is 12.3 Å². The highest BCUT2D eigenvalue weighted by molar-refractivity contribution is 6.32. The summed E-state index contributed by atoms with van der Waals surface area (Å²) in [6.07, 6.45) is 1.67. The second-order valence-electron chi connectivity index (χ2n) is 2.98. The van der Waals surface area contributed by atoms with Crippen LogP contribution in [0.4, 0.5) is 11.8 Å². The molecule has 0 amide bonds. The molecule has 0 fully saturated rings. The van der Waals surface area contributed by atoms with E-state index in [0.717, 1.165) is 0 Å².